The zero-order chi connectivity index (χ0) is 22.3. The Bertz CT molecular complexity index is 1160. The highest BCUT2D eigenvalue weighted by Crippen LogP contribution is 2.35. The predicted molar refractivity (Wildman–Crippen MR) is 110 cm³/mol. The maximum atomic E-state index is 13.5. The van der Waals surface area contributed by atoms with Gasteiger partial charge < -0.3 is 5.21 Å². The second-order valence-electron chi connectivity index (χ2n) is 7.43. The van der Waals surface area contributed by atoms with E-state index < -0.39 is 11.7 Å². The molecule has 31 heavy (non-hydrogen) atoms. The lowest BCUT2D eigenvalue weighted by Crippen LogP contribution is -2.28. The molecule has 0 amide bonds. The largest absolute Gasteiger partial charge is 0.416 e. The van der Waals surface area contributed by atoms with Gasteiger partial charge in [-0.25, -0.2) is 0 Å². The van der Waals surface area contributed by atoms with Crippen molar-refractivity contribution >= 4 is 17.3 Å². The molecule has 6 nitrogen and oxygen atoms in total. The average Bonchev–Trinajstić information content (AvgIpc) is 3.03. The Morgan fingerprint density at radius 3 is 2.55 bits per heavy atom. The highest BCUT2D eigenvalue weighted by Gasteiger charge is 2.33. The third-order valence-corrected chi connectivity index (χ3v) is 5.35. The molecule has 2 aromatic carbocycles. The van der Waals surface area contributed by atoms with Crippen molar-refractivity contribution in [2.45, 2.75) is 39.2 Å². The van der Waals surface area contributed by atoms with Gasteiger partial charge >= 0.3 is 6.18 Å². The highest BCUT2D eigenvalue weighted by molar-refractivity contribution is 6.35. The summed E-state index contributed by atoms with van der Waals surface area (Å²) in [5.41, 5.74) is 0.974. The molecule has 0 unspecified atom stereocenters. The fraction of sp³-hybridized carbons (Fsp3) is 0.286. The van der Waals surface area contributed by atoms with Crippen molar-refractivity contribution in [1.82, 2.24) is 19.8 Å². The minimum atomic E-state index is -4.53. The van der Waals surface area contributed by atoms with E-state index in [0.717, 1.165) is 17.2 Å². The van der Waals surface area contributed by atoms with E-state index in [1.807, 2.05) is 0 Å². The van der Waals surface area contributed by atoms with Crippen LogP contribution in [-0.2, 0) is 19.3 Å². The van der Waals surface area contributed by atoms with Gasteiger partial charge in [-0.1, -0.05) is 35.9 Å². The van der Waals surface area contributed by atoms with Crippen molar-refractivity contribution in [1.29, 1.82) is 0 Å². The predicted octanol–water partition coefficient (Wildman–Crippen LogP) is 4.89. The van der Waals surface area contributed by atoms with Crippen LogP contribution < -0.4 is 0 Å². The van der Waals surface area contributed by atoms with Gasteiger partial charge in [0.15, 0.2) is 11.6 Å². The van der Waals surface area contributed by atoms with Crippen LogP contribution in [0.25, 0.3) is 5.69 Å². The van der Waals surface area contributed by atoms with E-state index >= 15 is 0 Å². The zero-order valence-corrected chi connectivity index (χ0v) is 17.5. The summed E-state index contributed by atoms with van der Waals surface area (Å²) in [5.74, 6) is 0.678. The molecule has 0 spiro atoms. The number of hydrogen-bond donors (Lipinski definition) is 1. The van der Waals surface area contributed by atoms with E-state index in [1.165, 1.54) is 10.6 Å². The molecule has 0 saturated heterocycles. The first-order chi connectivity index (χ1) is 14.7. The molecule has 10 heteroatoms. The normalized spacial score (nSPS) is 13.8. The number of hydroxylamine groups is 2. The number of aliphatic imine (C=N–C) groups is 1. The molecule has 0 radical (unpaired) electrons. The minimum Gasteiger partial charge on any atom is -0.313 e. The number of rotatable bonds is 4. The molecule has 2 heterocycles. The quantitative estimate of drug-likeness (QED) is 0.576. The molecule has 1 N–H and O–H groups in total. The van der Waals surface area contributed by atoms with Gasteiger partial charge in [-0.3, -0.25) is 9.56 Å². The molecule has 4 rings (SSSR count). The first kappa shape index (κ1) is 21.5. The maximum Gasteiger partial charge on any atom is 0.416 e. The molecule has 1 aliphatic rings. The Labute approximate surface area is 181 Å². The summed E-state index contributed by atoms with van der Waals surface area (Å²) >= 11 is 6.37. The number of halogens is 4. The summed E-state index contributed by atoms with van der Waals surface area (Å²) < 4.78 is 42.1. The van der Waals surface area contributed by atoms with Gasteiger partial charge in [0.25, 0.3) is 0 Å². The summed E-state index contributed by atoms with van der Waals surface area (Å²) in [6.45, 7) is 3.65. The molecule has 3 aromatic rings. The summed E-state index contributed by atoms with van der Waals surface area (Å²) in [6.07, 6.45) is -4.53. The lowest BCUT2D eigenvalue weighted by Gasteiger charge is -2.20. The summed E-state index contributed by atoms with van der Waals surface area (Å²) in [7, 11) is 0. The second-order valence-corrected chi connectivity index (χ2v) is 7.84. The lowest BCUT2D eigenvalue weighted by molar-refractivity contribution is -0.137. The Morgan fingerprint density at radius 1 is 1.13 bits per heavy atom. The topological polar surface area (TPSA) is 66.5 Å². The number of fused-ring (bicyclic) bond motifs is 3. The number of alkyl halides is 3. The standard InChI is InChI=1S/C21H19ClF3N5O/c1-12(2)29(31)11-19-28-27-18-10-26-20(14-5-3-4-6-16(14)22)15-8-7-13(21(23,24)25)9-17(15)30(18)19/h3-9,12,31H,10-11H2,1-2H3. The number of benzene rings is 2. The molecule has 1 aromatic heterocycles. The first-order valence-electron chi connectivity index (χ1n) is 9.57. The van der Waals surface area contributed by atoms with Crippen molar-refractivity contribution < 1.29 is 18.4 Å². The molecule has 0 aliphatic carbocycles. The van der Waals surface area contributed by atoms with E-state index in [1.54, 1.807) is 38.1 Å². The van der Waals surface area contributed by atoms with E-state index in [4.69, 9.17) is 11.6 Å². The Balaban J connectivity index is 1.94. The van der Waals surface area contributed by atoms with Crippen molar-refractivity contribution in [2.75, 3.05) is 0 Å². The second kappa shape index (κ2) is 8.07. The van der Waals surface area contributed by atoms with Gasteiger partial charge in [0.05, 0.1) is 23.5 Å². The fourth-order valence-corrected chi connectivity index (χ4v) is 3.60. The number of nitrogens with zero attached hydrogens (tertiary/aromatic N) is 5. The van der Waals surface area contributed by atoms with Crippen molar-refractivity contribution in [2.24, 2.45) is 4.99 Å². The van der Waals surface area contributed by atoms with Crippen LogP contribution in [0.15, 0.2) is 47.5 Å². The molecule has 162 valence electrons. The SMILES string of the molecule is CC(C)N(O)Cc1nnc2n1-c1cc(C(F)(F)F)ccc1C(c1ccccc1Cl)=NC2. The maximum absolute atomic E-state index is 13.5. The van der Waals surface area contributed by atoms with Gasteiger partial charge in [0.2, 0.25) is 0 Å². The monoisotopic (exact) mass is 449 g/mol. The summed E-state index contributed by atoms with van der Waals surface area (Å²) in [6, 6.07) is 10.3. The smallest absolute Gasteiger partial charge is 0.313 e. The van der Waals surface area contributed by atoms with E-state index in [-0.39, 0.29) is 24.8 Å². The Hall–Kier alpha value is -2.75. The summed E-state index contributed by atoms with van der Waals surface area (Å²) in [5, 5.41) is 19.9. The third kappa shape index (κ3) is 4.08. The van der Waals surface area contributed by atoms with Crippen LogP contribution in [0, 0.1) is 0 Å². The van der Waals surface area contributed by atoms with Crippen molar-refractivity contribution in [3.05, 3.63) is 75.8 Å². The first-order valence-corrected chi connectivity index (χ1v) is 9.94. The van der Waals surface area contributed by atoms with E-state index in [0.29, 0.717) is 33.5 Å². The van der Waals surface area contributed by atoms with Crippen LogP contribution in [0.4, 0.5) is 13.2 Å². The summed E-state index contributed by atoms with van der Waals surface area (Å²) in [4.78, 5) is 4.61. The van der Waals surface area contributed by atoms with Crippen LogP contribution in [0.3, 0.4) is 0 Å². The van der Waals surface area contributed by atoms with Gasteiger partial charge in [-0.2, -0.15) is 18.2 Å². The van der Waals surface area contributed by atoms with Gasteiger partial charge in [0, 0.05) is 22.2 Å². The van der Waals surface area contributed by atoms with E-state index in [2.05, 4.69) is 15.2 Å². The fourth-order valence-electron chi connectivity index (χ4n) is 3.38. The van der Waals surface area contributed by atoms with Crippen LogP contribution in [0.5, 0.6) is 0 Å². The lowest BCUT2D eigenvalue weighted by atomic mass is 9.98. The third-order valence-electron chi connectivity index (χ3n) is 5.03. The van der Waals surface area contributed by atoms with Crippen LogP contribution >= 0.6 is 11.6 Å². The molecule has 1 aliphatic heterocycles. The average molecular weight is 450 g/mol. The molecular formula is C21H19ClF3N5O. The van der Waals surface area contributed by atoms with E-state index in [9.17, 15) is 18.4 Å². The zero-order valence-electron chi connectivity index (χ0n) is 16.7. The van der Waals surface area contributed by atoms with Crippen molar-refractivity contribution in [3.63, 3.8) is 0 Å². The number of aromatic nitrogens is 3. The van der Waals surface area contributed by atoms with Crippen LogP contribution in [0.2, 0.25) is 5.02 Å². The molecule has 0 fully saturated rings. The Kier molecular flexibility index (Phi) is 5.59. The van der Waals surface area contributed by atoms with Crippen LogP contribution in [-0.4, -0.2) is 36.8 Å². The van der Waals surface area contributed by atoms with Gasteiger partial charge in [-0.05, 0) is 32.0 Å². The Morgan fingerprint density at radius 2 is 1.87 bits per heavy atom. The molecule has 0 saturated carbocycles. The minimum absolute atomic E-state index is 0.0121. The molecular weight excluding hydrogens is 431 g/mol. The van der Waals surface area contributed by atoms with Crippen molar-refractivity contribution in [3.8, 4) is 5.69 Å². The van der Waals surface area contributed by atoms with Gasteiger partial charge in [-0.15, -0.1) is 10.2 Å². The molecule has 0 bridgehead atoms. The molecule has 0 atom stereocenters. The van der Waals surface area contributed by atoms with Gasteiger partial charge in [0.1, 0.15) is 6.54 Å². The van der Waals surface area contributed by atoms with Crippen LogP contribution in [0.1, 0.15) is 42.2 Å². The highest BCUT2D eigenvalue weighted by atomic mass is 35.5. The number of hydrogen-bond acceptors (Lipinski definition) is 5.